The monoisotopic (exact) mass is 236 g/mol. The molecular formula is C11H12N2O2S. The molecule has 0 amide bonds. The average Bonchev–Trinajstić information content (AvgIpc) is 2.95. The van der Waals surface area contributed by atoms with E-state index in [0.29, 0.717) is 12.8 Å². The first kappa shape index (κ1) is 10.9. The molecule has 0 aliphatic rings. The molecule has 5 heteroatoms. The van der Waals surface area contributed by atoms with Crippen molar-refractivity contribution in [3.8, 4) is 10.7 Å². The number of aromatic nitrogens is 2. The van der Waals surface area contributed by atoms with Gasteiger partial charge in [-0.15, -0.1) is 11.3 Å². The SMILES string of the molecule is COC(=O)CCc1csc(-c2ccc[nH]2)n1. The summed E-state index contributed by atoms with van der Waals surface area (Å²) < 4.78 is 4.58. The maximum absolute atomic E-state index is 11.0. The molecular weight excluding hydrogens is 224 g/mol. The average molecular weight is 236 g/mol. The second kappa shape index (κ2) is 4.94. The molecule has 1 N–H and O–H groups in total. The van der Waals surface area contributed by atoms with Crippen molar-refractivity contribution in [2.24, 2.45) is 0 Å². The molecule has 0 unspecified atom stereocenters. The highest BCUT2D eigenvalue weighted by molar-refractivity contribution is 7.13. The minimum absolute atomic E-state index is 0.200. The molecule has 2 rings (SSSR count). The molecule has 0 atom stereocenters. The van der Waals surface area contributed by atoms with E-state index in [1.54, 1.807) is 11.3 Å². The van der Waals surface area contributed by atoms with Crippen LogP contribution in [-0.2, 0) is 16.0 Å². The number of methoxy groups -OCH3 is 1. The lowest BCUT2D eigenvalue weighted by molar-refractivity contribution is -0.140. The number of carbonyl (C=O) groups is 1. The molecule has 0 saturated carbocycles. The van der Waals surface area contributed by atoms with Crippen LogP contribution in [0, 0.1) is 0 Å². The molecule has 2 aromatic rings. The number of aryl methyl sites for hydroxylation is 1. The van der Waals surface area contributed by atoms with Gasteiger partial charge in [-0.3, -0.25) is 4.79 Å². The van der Waals surface area contributed by atoms with Crippen molar-refractivity contribution in [2.75, 3.05) is 7.11 Å². The van der Waals surface area contributed by atoms with E-state index in [-0.39, 0.29) is 5.97 Å². The van der Waals surface area contributed by atoms with Gasteiger partial charge in [-0.2, -0.15) is 0 Å². The molecule has 4 nitrogen and oxygen atoms in total. The van der Waals surface area contributed by atoms with Crippen LogP contribution in [0.25, 0.3) is 10.7 Å². The van der Waals surface area contributed by atoms with Crippen LogP contribution in [-0.4, -0.2) is 23.0 Å². The van der Waals surface area contributed by atoms with Crippen molar-refractivity contribution in [3.05, 3.63) is 29.4 Å². The summed E-state index contributed by atoms with van der Waals surface area (Å²) in [5.74, 6) is -0.200. The summed E-state index contributed by atoms with van der Waals surface area (Å²) in [7, 11) is 1.40. The summed E-state index contributed by atoms with van der Waals surface area (Å²) in [5.41, 5.74) is 1.94. The van der Waals surface area contributed by atoms with E-state index in [2.05, 4.69) is 14.7 Å². The number of carbonyl (C=O) groups excluding carboxylic acids is 1. The van der Waals surface area contributed by atoms with Gasteiger partial charge in [0.2, 0.25) is 0 Å². The second-order valence-corrected chi connectivity index (χ2v) is 4.16. The smallest absolute Gasteiger partial charge is 0.305 e. The molecule has 84 valence electrons. The van der Waals surface area contributed by atoms with E-state index in [1.165, 1.54) is 7.11 Å². The van der Waals surface area contributed by atoms with E-state index in [0.717, 1.165) is 16.4 Å². The Morgan fingerprint density at radius 1 is 1.62 bits per heavy atom. The summed E-state index contributed by atoms with van der Waals surface area (Å²) in [6, 6.07) is 3.91. The Balaban J connectivity index is 2.00. The van der Waals surface area contributed by atoms with Gasteiger partial charge in [0, 0.05) is 18.0 Å². The molecule has 2 aromatic heterocycles. The zero-order valence-electron chi connectivity index (χ0n) is 8.90. The van der Waals surface area contributed by atoms with Crippen LogP contribution in [0.5, 0.6) is 0 Å². The van der Waals surface area contributed by atoms with Crippen molar-refractivity contribution < 1.29 is 9.53 Å². The van der Waals surface area contributed by atoms with Crippen molar-refractivity contribution in [1.29, 1.82) is 0 Å². The van der Waals surface area contributed by atoms with Gasteiger partial charge < -0.3 is 9.72 Å². The Morgan fingerprint density at radius 3 is 3.19 bits per heavy atom. The quantitative estimate of drug-likeness (QED) is 0.828. The Morgan fingerprint density at radius 2 is 2.50 bits per heavy atom. The Bertz CT molecular complexity index is 462. The highest BCUT2D eigenvalue weighted by atomic mass is 32.1. The third-order valence-corrected chi connectivity index (χ3v) is 3.12. The molecule has 0 radical (unpaired) electrons. The van der Waals surface area contributed by atoms with E-state index >= 15 is 0 Å². The lowest BCUT2D eigenvalue weighted by Gasteiger charge is -1.95. The zero-order valence-corrected chi connectivity index (χ0v) is 9.71. The molecule has 0 aromatic carbocycles. The Kier molecular flexibility index (Phi) is 3.36. The number of ether oxygens (including phenoxy) is 1. The lowest BCUT2D eigenvalue weighted by Crippen LogP contribution is -2.01. The highest BCUT2D eigenvalue weighted by Gasteiger charge is 2.07. The number of thiazole rings is 1. The first-order valence-electron chi connectivity index (χ1n) is 4.94. The largest absolute Gasteiger partial charge is 0.469 e. The molecule has 0 aliphatic heterocycles. The van der Waals surface area contributed by atoms with Crippen molar-refractivity contribution in [1.82, 2.24) is 9.97 Å². The number of hydrogen-bond donors (Lipinski definition) is 1. The summed E-state index contributed by atoms with van der Waals surface area (Å²) in [5, 5.41) is 2.92. The van der Waals surface area contributed by atoms with Crippen LogP contribution in [0.2, 0.25) is 0 Å². The molecule has 0 saturated heterocycles. The fourth-order valence-corrected chi connectivity index (χ4v) is 2.18. The Hall–Kier alpha value is -1.62. The molecule has 2 heterocycles. The topological polar surface area (TPSA) is 55.0 Å². The van der Waals surface area contributed by atoms with Gasteiger partial charge in [-0.05, 0) is 12.1 Å². The fraction of sp³-hybridized carbons (Fsp3) is 0.273. The predicted molar refractivity (Wildman–Crippen MR) is 62.2 cm³/mol. The first-order chi connectivity index (χ1) is 7.79. The molecule has 0 aliphatic carbocycles. The second-order valence-electron chi connectivity index (χ2n) is 3.30. The molecule has 0 fully saturated rings. The maximum Gasteiger partial charge on any atom is 0.305 e. The van der Waals surface area contributed by atoms with Crippen LogP contribution in [0.1, 0.15) is 12.1 Å². The minimum Gasteiger partial charge on any atom is -0.469 e. The van der Waals surface area contributed by atoms with Crippen LogP contribution in [0.15, 0.2) is 23.7 Å². The van der Waals surface area contributed by atoms with Gasteiger partial charge in [0.15, 0.2) is 0 Å². The van der Waals surface area contributed by atoms with Crippen molar-refractivity contribution in [2.45, 2.75) is 12.8 Å². The van der Waals surface area contributed by atoms with Gasteiger partial charge in [-0.25, -0.2) is 4.98 Å². The minimum atomic E-state index is -0.200. The first-order valence-corrected chi connectivity index (χ1v) is 5.82. The van der Waals surface area contributed by atoms with Crippen LogP contribution < -0.4 is 0 Å². The normalized spacial score (nSPS) is 10.3. The van der Waals surface area contributed by atoms with Gasteiger partial charge in [0.1, 0.15) is 5.01 Å². The molecule has 16 heavy (non-hydrogen) atoms. The van der Waals surface area contributed by atoms with Crippen LogP contribution in [0.4, 0.5) is 0 Å². The number of H-pyrrole nitrogens is 1. The third kappa shape index (κ3) is 2.49. The number of nitrogens with zero attached hydrogens (tertiary/aromatic N) is 1. The number of aromatic amines is 1. The van der Waals surface area contributed by atoms with Crippen LogP contribution >= 0.6 is 11.3 Å². The van der Waals surface area contributed by atoms with E-state index in [9.17, 15) is 4.79 Å². The lowest BCUT2D eigenvalue weighted by atomic mass is 10.2. The van der Waals surface area contributed by atoms with Gasteiger partial charge in [-0.1, -0.05) is 0 Å². The standard InChI is InChI=1S/C11H12N2O2S/c1-15-10(14)5-4-8-7-16-11(13-8)9-3-2-6-12-9/h2-3,6-7,12H,4-5H2,1H3. The van der Waals surface area contributed by atoms with E-state index in [4.69, 9.17) is 0 Å². The van der Waals surface area contributed by atoms with Gasteiger partial charge in [0.25, 0.3) is 0 Å². The zero-order chi connectivity index (χ0) is 11.4. The third-order valence-electron chi connectivity index (χ3n) is 2.19. The summed E-state index contributed by atoms with van der Waals surface area (Å²) in [6.45, 7) is 0. The fourth-order valence-electron chi connectivity index (χ4n) is 1.34. The van der Waals surface area contributed by atoms with E-state index in [1.807, 2.05) is 23.7 Å². The molecule has 0 bridgehead atoms. The van der Waals surface area contributed by atoms with Crippen molar-refractivity contribution in [3.63, 3.8) is 0 Å². The van der Waals surface area contributed by atoms with Gasteiger partial charge >= 0.3 is 5.97 Å². The van der Waals surface area contributed by atoms with Crippen molar-refractivity contribution >= 4 is 17.3 Å². The summed E-state index contributed by atoms with van der Waals surface area (Å²) in [6.07, 6.45) is 2.87. The molecule has 0 spiro atoms. The number of esters is 1. The number of nitrogens with one attached hydrogen (secondary N) is 1. The maximum atomic E-state index is 11.0. The predicted octanol–water partition coefficient (Wildman–Crippen LogP) is 2.24. The van der Waals surface area contributed by atoms with Gasteiger partial charge in [0.05, 0.1) is 24.9 Å². The summed E-state index contributed by atoms with van der Waals surface area (Å²) in [4.78, 5) is 18.5. The Labute approximate surface area is 97.3 Å². The van der Waals surface area contributed by atoms with Crippen LogP contribution in [0.3, 0.4) is 0 Å². The van der Waals surface area contributed by atoms with E-state index < -0.39 is 0 Å². The summed E-state index contributed by atoms with van der Waals surface area (Å²) >= 11 is 1.57. The number of rotatable bonds is 4. The number of hydrogen-bond acceptors (Lipinski definition) is 4. The highest BCUT2D eigenvalue weighted by Crippen LogP contribution is 2.22.